The summed E-state index contributed by atoms with van der Waals surface area (Å²) in [6.07, 6.45) is 2.00. The number of nitrogens with zero attached hydrogens (tertiary/aromatic N) is 2. The number of rotatable bonds is 1. The van der Waals surface area contributed by atoms with Crippen LogP contribution in [0.4, 0.5) is 11.4 Å². The van der Waals surface area contributed by atoms with Crippen LogP contribution in [0.15, 0.2) is 88.3 Å². The molecule has 2 heterocycles. The third-order valence-electron chi connectivity index (χ3n) is 7.10. The molecule has 6 rings (SSSR count). The Morgan fingerprint density at radius 1 is 0.875 bits per heavy atom. The van der Waals surface area contributed by atoms with Gasteiger partial charge in [-0.2, -0.15) is 0 Å². The van der Waals surface area contributed by atoms with Gasteiger partial charge in [-0.3, -0.25) is 4.99 Å². The van der Waals surface area contributed by atoms with Crippen LogP contribution in [0.1, 0.15) is 19.4 Å². The van der Waals surface area contributed by atoms with Crippen LogP contribution in [-0.2, 0) is 5.41 Å². The Bertz CT molecular complexity index is 1410. The maximum atomic E-state index is 6.98. The zero-order valence-electron chi connectivity index (χ0n) is 18.3. The zero-order chi connectivity index (χ0) is 22.1. The van der Waals surface area contributed by atoms with Crippen molar-refractivity contribution in [2.24, 2.45) is 4.99 Å². The molecule has 2 aliphatic rings. The van der Waals surface area contributed by atoms with E-state index < -0.39 is 5.72 Å². The molecule has 0 amide bonds. The molecule has 32 heavy (non-hydrogen) atoms. The minimum atomic E-state index is -0.689. The van der Waals surface area contributed by atoms with Crippen LogP contribution in [0.3, 0.4) is 0 Å². The lowest BCUT2D eigenvalue weighted by Gasteiger charge is -2.45. The van der Waals surface area contributed by atoms with Crippen LogP contribution < -0.4 is 9.64 Å². The van der Waals surface area contributed by atoms with Gasteiger partial charge >= 0.3 is 0 Å². The summed E-state index contributed by atoms with van der Waals surface area (Å²) in [5, 5.41) is 2.25. The number of benzene rings is 4. The van der Waals surface area contributed by atoms with E-state index in [0.717, 1.165) is 37.8 Å². The van der Waals surface area contributed by atoms with Crippen molar-refractivity contribution < 1.29 is 4.74 Å². The van der Waals surface area contributed by atoms with Crippen molar-refractivity contribution in [3.63, 3.8) is 0 Å². The van der Waals surface area contributed by atoms with E-state index in [1.165, 1.54) is 11.3 Å². The summed E-state index contributed by atoms with van der Waals surface area (Å²) in [7, 11) is 2.10. The Hall–Kier alpha value is -3.11. The van der Waals surface area contributed by atoms with Gasteiger partial charge in [-0.15, -0.1) is 0 Å². The van der Waals surface area contributed by atoms with Crippen LogP contribution in [0.2, 0.25) is 0 Å². The molecule has 0 aromatic heterocycles. The van der Waals surface area contributed by atoms with Crippen LogP contribution in [0, 0.1) is 0 Å². The molecule has 0 saturated carbocycles. The molecule has 158 valence electrons. The van der Waals surface area contributed by atoms with Crippen molar-refractivity contribution in [3.8, 4) is 16.9 Å². The molecule has 1 atom stereocenters. The molecule has 4 aromatic rings. The average molecular weight is 483 g/mol. The van der Waals surface area contributed by atoms with Crippen molar-refractivity contribution in [1.29, 1.82) is 0 Å². The van der Waals surface area contributed by atoms with E-state index in [4.69, 9.17) is 9.73 Å². The molecule has 0 N–H and O–H groups in total. The number of likely N-dealkylation sites (N-methyl/N-ethyl adjacent to an activating group) is 1. The van der Waals surface area contributed by atoms with E-state index in [1.807, 2.05) is 6.21 Å². The SMILES string of the molecule is CN1c2ccccc2C(C)(C)C12C=Nc1cc(-c3ccc(Br)cc3)c3ccccc3c1O2. The second kappa shape index (κ2) is 6.69. The first-order valence-electron chi connectivity index (χ1n) is 10.8. The second-order valence-corrected chi connectivity index (χ2v) is 10.00. The third kappa shape index (κ3) is 2.50. The number of aliphatic imine (C=N–C) groups is 1. The molecule has 0 radical (unpaired) electrons. The highest BCUT2D eigenvalue weighted by molar-refractivity contribution is 9.10. The molecule has 0 fully saturated rings. The summed E-state index contributed by atoms with van der Waals surface area (Å²) in [6, 6.07) is 27.6. The minimum absolute atomic E-state index is 0.273. The highest BCUT2D eigenvalue weighted by Gasteiger charge is 2.58. The number of anilines is 1. The lowest BCUT2D eigenvalue weighted by atomic mass is 9.77. The summed E-state index contributed by atoms with van der Waals surface area (Å²) in [5.74, 6) is 0.844. The number of hydrogen-bond donors (Lipinski definition) is 0. The number of ether oxygens (including phenoxy) is 1. The topological polar surface area (TPSA) is 24.8 Å². The van der Waals surface area contributed by atoms with Gasteiger partial charge in [0.1, 0.15) is 5.69 Å². The molecule has 4 aromatic carbocycles. The molecular formula is C28H23BrN2O. The lowest BCUT2D eigenvalue weighted by molar-refractivity contribution is 0.0842. The Morgan fingerprint density at radius 3 is 2.31 bits per heavy atom. The lowest BCUT2D eigenvalue weighted by Crippen LogP contribution is -2.61. The van der Waals surface area contributed by atoms with Crippen molar-refractivity contribution in [3.05, 3.63) is 88.9 Å². The summed E-state index contributed by atoms with van der Waals surface area (Å²) in [6.45, 7) is 4.48. The number of para-hydroxylation sites is 1. The molecular weight excluding hydrogens is 460 g/mol. The highest BCUT2D eigenvalue weighted by atomic mass is 79.9. The van der Waals surface area contributed by atoms with Gasteiger partial charge < -0.3 is 9.64 Å². The molecule has 2 aliphatic heterocycles. The van der Waals surface area contributed by atoms with Gasteiger partial charge in [0.05, 0.1) is 11.6 Å². The predicted molar refractivity (Wildman–Crippen MR) is 136 cm³/mol. The number of fused-ring (bicyclic) bond motifs is 4. The summed E-state index contributed by atoms with van der Waals surface area (Å²) in [4.78, 5) is 7.24. The van der Waals surface area contributed by atoms with Crippen LogP contribution in [0.25, 0.3) is 21.9 Å². The standard InChI is InChI=1S/C28H23BrN2O/c1-27(2)23-10-6-7-11-25(23)31(3)28(27)17-30-24-16-22(18-12-14-19(29)15-13-18)20-8-4-5-9-21(20)26(24)32-28/h4-17H,1-3H3. The third-order valence-corrected chi connectivity index (χ3v) is 7.63. The average Bonchev–Trinajstić information content (AvgIpc) is 2.98. The molecule has 1 spiro atoms. The van der Waals surface area contributed by atoms with Crippen molar-refractivity contribution in [1.82, 2.24) is 0 Å². The quantitative estimate of drug-likeness (QED) is 0.280. The van der Waals surface area contributed by atoms with Gasteiger partial charge in [0.25, 0.3) is 0 Å². The maximum Gasteiger partial charge on any atom is 0.228 e. The van der Waals surface area contributed by atoms with Crippen molar-refractivity contribution in [2.45, 2.75) is 25.0 Å². The summed E-state index contributed by atoms with van der Waals surface area (Å²) < 4.78 is 8.05. The van der Waals surface area contributed by atoms with E-state index in [1.54, 1.807) is 0 Å². The van der Waals surface area contributed by atoms with Gasteiger partial charge in [-0.25, -0.2) is 0 Å². The molecule has 0 bridgehead atoms. The summed E-state index contributed by atoms with van der Waals surface area (Å²) >= 11 is 3.54. The first-order chi connectivity index (χ1) is 15.4. The fourth-order valence-corrected chi connectivity index (χ4v) is 5.54. The van der Waals surface area contributed by atoms with E-state index >= 15 is 0 Å². The Labute approximate surface area is 196 Å². The Balaban J connectivity index is 1.57. The highest BCUT2D eigenvalue weighted by Crippen LogP contribution is 2.55. The van der Waals surface area contributed by atoms with E-state index in [0.29, 0.717) is 0 Å². The molecule has 3 nitrogen and oxygen atoms in total. The van der Waals surface area contributed by atoms with Crippen molar-refractivity contribution in [2.75, 3.05) is 11.9 Å². The first kappa shape index (κ1) is 19.6. The maximum absolute atomic E-state index is 6.98. The predicted octanol–water partition coefficient (Wildman–Crippen LogP) is 7.49. The Kier molecular flexibility index (Phi) is 4.09. The van der Waals surface area contributed by atoms with Gasteiger partial charge in [0, 0.05) is 22.6 Å². The van der Waals surface area contributed by atoms with Gasteiger partial charge in [0.15, 0.2) is 5.75 Å². The smallest absolute Gasteiger partial charge is 0.228 e. The van der Waals surface area contributed by atoms with E-state index in [-0.39, 0.29) is 5.41 Å². The largest absolute Gasteiger partial charge is 0.459 e. The fourth-order valence-electron chi connectivity index (χ4n) is 5.27. The Morgan fingerprint density at radius 2 is 1.56 bits per heavy atom. The summed E-state index contributed by atoms with van der Waals surface area (Å²) in [5.41, 5.74) is 4.68. The second-order valence-electron chi connectivity index (χ2n) is 9.08. The number of halogens is 1. The van der Waals surface area contributed by atoms with Gasteiger partial charge in [0.2, 0.25) is 5.72 Å². The molecule has 1 unspecified atom stereocenters. The zero-order valence-corrected chi connectivity index (χ0v) is 19.8. The number of hydrogen-bond acceptors (Lipinski definition) is 3. The van der Waals surface area contributed by atoms with Gasteiger partial charge in [-0.1, -0.05) is 70.5 Å². The minimum Gasteiger partial charge on any atom is -0.459 e. The van der Waals surface area contributed by atoms with Crippen LogP contribution in [-0.4, -0.2) is 19.0 Å². The van der Waals surface area contributed by atoms with E-state index in [9.17, 15) is 0 Å². The normalized spacial score (nSPS) is 20.3. The van der Waals surface area contributed by atoms with Crippen molar-refractivity contribution >= 4 is 44.3 Å². The molecule has 0 saturated heterocycles. The van der Waals surface area contributed by atoms with Crippen LogP contribution in [0.5, 0.6) is 5.75 Å². The van der Waals surface area contributed by atoms with Crippen LogP contribution >= 0.6 is 15.9 Å². The first-order valence-corrected chi connectivity index (χ1v) is 11.6. The van der Waals surface area contributed by atoms with E-state index in [2.05, 4.69) is 121 Å². The van der Waals surface area contributed by atoms with Gasteiger partial charge in [-0.05, 0) is 60.2 Å². The molecule has 4 heteroatoms. The fraction of sp³-hybridized carbons (Fsp3) is 0.179. The molecule has 0 aliphatic carbocycles. The monoisotopic (exact) mass is 482 g/mol.